The molecule has 0 radical (unpaired) electrons. The molecule has 0 aromatic carbocycles. The first kappa shape index (κ1) is 9.24. The van der Waals surface area contributed by atoms with E-state index < -0.39 is 0 Å². The molecule has 0 aliphatic carbocycles. The highest BCUT2D eigenvalue weighted by Crippen LogP contribution is 2.26. The quantitative estimate of drug-likeness (QED) is 0.792. The van der Waals surface area contributed by atoms with Crippen LogP contribution in [0.15, 0.2) is 22.2 Å². The largest absolute Gasteiger partial charge is 0.240 e. The van der Waals surface area contributed by atoms with Crippen LogP contribution in [-0.2, 0) is 5.75 Å². The lowest BCUT2D eigenvalue weighted by molar-refractivity contribution is 1.24. The lowest BCUT2D eigenvalue weighted by Gasteiger charge is -1.89. The van der Waals surface area contributed by atoms with Crippen molar-refractivity contribution in [3.63, 3.8) is 0 Å². The zero-order valence-corrected chi connectivity index (χ0v) is 9.64. The number of rotatable bonds is 3. The third-order valence-corrected chi connectivity index (χ3v) is 3.82. The summed E-state index contributed by atoms with van der Waals surface area (Å²) < 4.78 is 0. The predicted molar refractivity (Wildman–Crippen MR) is 62.6 cm³/mol. The van der Waals surface area contributed by atoms with Crippen molar-refractivity contribution in [1.82, 2.24) is 4.98 Å². The molecule has 0 spiro atoms. The summed E-state index contributed by atoms with van der Waals surface area (Å²) in [4.78, 5) is 4.55. The van der Waals surface area contributed by atoms with Gasteiger partial charge < -0.3 is 0 Å². The van der Waals surface area contributed by atoms with Crippen molar-refractivity contribution in [3.8, 4) is 10.6 Å². The molecule has 13 heavy (non-hydrogen) atoms. The number of hydrogen-bond acceptors (Lipinski definition) is 4. The molecule has 2 aromatic rings. The second-order valence-corrected chi connectivity index (χ2v) is 5.09. The highest BCUT2D eigenvalue weighted by atomic mass is 32.2. The van der Waals surface area contributed by atoms with Crippen LogP contribution < -0.4 is 0 Å². The molecule has 0 saturated heterocycles. The average molecular weight is 227 g/mol. The van der Waals surface area contributed by atoms with E-state index in [1.165, 1.54) is 11.3 Å². The minimum absolute atomic E-state index is 1.01. The van der Waals surface area contributed by atoms with E-state index in [-0.39, 0.29) is 0 Å². The van der Waals surface area contributed by atoms with Crippen LogP contribution in [0, 0.1) is 0 Å². The Morgan fingerprint density at radius 2 is 2.38 bits per heavy atom. The van der Waals surface area contributed by atoms with Crippen LogP contribution in [0.5, 0.6) is 0 Å². The summed E-state index contributed by atoms with van der Waals surface area (Å²) >= 11 is 5.26. The summed E-state index contributed by atoms with van der Waals surface area (Å²) in [6, 6.07) is 2.12. The molecule has 0 bridgehead atoms. The molecule has 0 saturated carbocycles. The van der Waals surface area contributed by atoms with Gasteiger partial charge in [-0.05, 0) is 17.7 Å². The van der Waals surface area contributed by atoms with E-state index in [1.54, 1.807) is 22.7 Å². The summed E-state index contributed by atoms with van der Waals surface area (Å²) in [7, 11) is 0. The van der Waals surface area contributed by atoms with Crippen LogP contribution in [0.25, 0.3) is 10.6 Å². The van der Waals surface area contributed by atoms with Gasteiger partial charge in [0.2, 0.25) is 0 Å². The predicted octanol–water partition coefficient (Wildman–Crippen LogP) is 3.73. The van der Waals surface area contributed by atoms with Gasteiger partial charge in [-0.2, -0.15) is 23.1 Å². The summed E-state index contributed by atoms with van der Waals surface area (Å²) in [5.74, 6) is 1.01. The number of nitrogens with zero attached hydrogens (tertiary/aromatic N) is 1. The fourth-order valence-corrected chi connectivity index (χ4v) is 3.12. The molecule has 0 fully saturated rings. The van der Waals surface area contributed by atoms with E-state index >= 15 is 0 Å². The molecule has 0 unspecified atom stereocenters. The number of hydrogen-bond donors (Lipinski definition) is 0. The fourth-order valence-electron chi connectivity index (χ4n) is 1.04. The van der Waals surface area contributed by atoms with Crippen molar-refractivity contribution >= 4 is 34.4 Å². The van der Waals surface area contributed by atoms with Crippen LogP contribution in [-0.4, -0.2) is 11.2 Å². The van der Waals surface area contributed by atoms with E-state index in [0.29, 0.717) is 0 Å². The zero-order chi connectivity index (χ0) is 9.10. The Morgan fingerprint density at radius 3 is 3.08 bits per heavy atom. The molecular weight excluding hydrogens is 218 g/mol. The molecule has 68 valence electrons. The molecule has 0 aliphatic heterocycles. The summed E-state index contributed by atoms with van der Waals surface area (Å²) in [5, 5.41) is 7.52. The molecule has 2 heterocycles. The molecule has 0 aliphatic rings. The molecule has 1 nitrogen and oxygen atoms in total. The summed E-state index contributed by atoms with van der Waals surface area (Å²) in [5.41, 5.74) is 2.45. The van der Waals surface area contributed by atoms with Crippen molar-refractivity contribution in [2.75, 3.05) is 6.26 Å². The smallest absolute Gasteiger partial charge is 0.124 e. The van der Waals surface area contributed by atoms with E-state index in [0.717, 1.165) is 10.8 Å². The van der Waals surface area contributed by atoms with Gasteiger partial charge in [0.15, 0.2) is 0 Å². The Balaban J connectivity index is 2.23. The molecule has 0 N–H and O–H groups in total. The van der Waals surface area contributed by atoms with Gasteiger partial charge in [-0.25, -0.2) is 4.98 Å². The molecule has 4 heteroatoms. The first-order valence-electron chi connectivity index (χ1n) is 3.86. The Labute approximate surface area is 89.8 Å². The second-order valence-electron chi connectivity index (χ2n) is 2.59. The maximum absolute atomic E-state index is 4.55. The molecule has 2 rings (SSSR count). The second kappa shape index (κ2) is 4.26. The van der Waals surface area contributed by atoms with Gasteiger partial charge in [0.05, 0.1) is 5.69 Å². The Bertz CT molecular complexity index is 364. The van der Waals surface area contributed by atoms with Crippen molar-refractivity contribution in [3.05, 3.63) is 27.9 Å². The van der Waals surface area contributed by atoms with Crippen molar-refractivity contribution in [2.45, 2.75) is 5.75 Å². The van der Waals surface area contributed by atoms with Crippen LogP contribution in [0.1, 0.15) is 5.69 Å². The van der Waals surface area contributed by atoms with Crippen molar-refractivity contribution < 1.29 is 0 Å². The van der Waals surface area contributed by atoms with Gasteiger partial charge >= 0.3 is 0 Å². The van der Waals surface area contributed by atoms with Crippen LogP contribution in [0.2, 0.25) is 0 Å². The minimum Gasteiger partial charge on any atom is -0.240 e. The number of thioether (sulfide) groups is 1. The first-order valence-corrected chi connectivity index (χ1v) is 7.07. The van der Waals surface area contributed by atoms with Gasteiger partial charge in [-0.1, -0.05) is 0 Å². The molecule has 0 amide bonds. The monoisotopic (exact) mass is 227 g/mol. The minimum atomic E-state index is 1.01. The Morgan fingerprint density at radius 1 is 1.46 bits per heavy atom. The van der Waals surface area contributed by atoms with Gasteiger partial charge in [-0.3, -0.25) is 0 Å². The lowest BCUT2D eigenvalue weighted by Crippen LogP contribution is -1.78. The van der Waals surface area contributed by atoms with Crippen molar-refractivity contribution in [2.24, 2.45) is 0 Å². The number of aromatic nitrogens is 1. The van der Waals surface area contributed by atoms with Gasteiger partial charge in [-0.15, -0.1) is 11.3 Å². The first-order chi connectivity index (χ1) is 6.40. The third-order valence-electron chi connectivity index (χ3n) is 1.61. The van der Waals surface area contributed by atoms with Gasteiger partial charge in [0.25, 0.3) is 0 Å². The zero-order valence-electron chi connectivity index (χ0n) is 7.19. The van der Waals surface area contributed by atoms with E-state index in [9.17, 15) is 0 Å². The summed E-state index contributed by atoms with van der Waals surface area (Å²) in [6.45, 7) is 0. The maximum Gasteiger partial charge on any atom is 0.124 e. The molecule has 0 atom stereocenters. The molecule has 2 aromatic heterocycles. The highest BCUT2D eigenvalue weighted by Gasteiger charge is 2.03. The topological polar surface area (TPSA) is 12.9 Å². The normalized spacial score (nSPS) is 10.5. The SMILES string of the molecule is CSCc1csc(-c2ccsc2)n1. The van der Waals surface area contributed by atoms with E-state index in [1.807, 2.05) is 11.8 Å². The van der Waals surface area contributed by atoms with Crippen LogP contribution in [0.4, 0.5) is 0 Å². The van der Waals surface area contributed by atoms with Gasteiger partial charge in [0, 0.05) is 22.1 Å². The lowest BCUT2D eigenvalue weighted by atomic mass is 10.4. The number of thiazole rings is 1. The average Bonchev–Trinajstić information content (AvgIpc) is 2.70. The van der Waals surface area contributed by atoms with Gasteiger partial charge in [0.1, 0.15) is 5.01 Å². The third kappa shape index (κ3) is 2.13. The maximum atomic E-state index is 4.55. The van der Waals surface area contributed by atoms with Crippen LogP contribution >= 0.6 is 34.4 Å². The Kier molecular flexibility index (Phi) is 3.03. The molecular formula is C9H9NS3. The summed E-state index contributed by atoms with van der Waals surface area (Å²) in [6.07, 6.45) is 2.10. The standard InChI is InChI=1S/C9H9NS3/c1-11-5-8-6-13-9(10-8)7-2-3-12-4-7/h2-4,6H,5H2,1H3. The Hall–Kier alpha value is -0.320. The van der Waals surface area contributed by atoms with Crippen molar-refractivity contribution in [1.29, 1.82) is 0 Å². The van der Waals surface area contributed by atoms with E-state index in [2.05, 4.69) is 33.4 Å². The van der Waals surface area contributed by atoms with Crippen LogP contribution in [0.3, 0.4) is 0 Å². The number of thiophene rings is 1. The van der Waals surface area contributed by atoms with E-state index in [4.69, 9.17) is 0 Å². The fraction of sp³-hybridized carbons (Fsp3) is 0.222. The highest BCUT2D eigenvalue weighted by molar-refractivity contribution is 7.97.